The van der Waals surface area contributed by atoms with Crippen LogP contribution in [0.5, 0.6) is 0 Å². The fraction of sp³-hybridized carbons (Fsp3) is 0.750. The van der Waals surface area contributed by atoms with Gasteiger partial charge in [-0.25, -0.2) is 0 Å². The first-order valence-electron chi connectivity index (χ1n) is 6.38. The van der Waals surface area contributed by atoms with Gasteiger partial charge in [-0.05, 0) is 19.8 Å². The highest BCUT2D eigenvalue weighted by molar-refractivity contribution is 5.84. The highest BCUT2D eigenvalue weighted by Crippen LogP contribution is 2.24. The predicted molar refractivity (Wildman–Crippen MR) is 64.0 cm³/mol. The molecule has 1 aromatic rings. The molecule has 1 fully saturated rings. The molecule has 0 radical (unpaired) electrons. The highest BCUT2D eigenvalue weighted by Gasteiger charge is 2.37. The lowest BCUT2D eigenvalue weighted by Gasteiger charge is -2.21. The fourth-order valence-corrected chi connectivity index (χ4v) is 1.96. The average Bonchev–Trinajstić information content (AvgIpc) is 2.99. The molecule has 2 rings (SSSR count). The van der Waals surface area contributed by atoms with Gasteiger partial charge in [0.05, 0.1) is 0 Å². The molecule has 1 aromatic heterocycles. The number of ether oxygens (including phenoxy) is 1. The largest absolute Gasteiger partial charge is 0.365 e. The van der Waals surface area contributed by atoms with Gasteiger partial charge in [-0.2, -0.15) is 4.98 Å². The smallest absolute Gasteiger partial charge is 0.251 e. The van der Waals surface area contributed by atoms with Crippen LogP contribution in [0.25, 0.3) is 0 Å². The van der Waals surface area contributed by atoms with Crippen LogP contribution in [0.2, 0.25) is 0 Å². The predicted octanol–water partition coefficient (Wildman–Crippen LogP) is 0.860. The Hall–Kier alpha value is -1.43. The summed E-state index contributed by atoms with van der Waals surface area (Å²) in [7, 11) is 0. The third-order valence-electron chi connectivity index (χ3n) is 3.15. The van der Waals surface area contributed by atoms with Crippen LogP contribution in [-0.2, 0) is 22.4 Å². The molecule has 1 saturated heterocycles. The summed E-state index contributed by atoms with van der Waals surface area (Å²) < 4.78 is 10.5. The van der Waals surface area contributed by atoms with E-state index in [1.165, 1.54) is 0 Å². The fourth-order valence-electron chi connectivity index (χ4n) is 1.96. The second-order valence-corrected chi connectivity index (χ2v) is 4.65. The van der Waals surface area contributed by atoms with Gasteiger partial charge < -0.3 is 14.6 Å². The second kappa shape index (κ2) is 5.48. The van der Waals surface area contributed by atoms with Gasteiger partial charge in [-0.1, -0.05) is 12.1 Å². The number of hydrogen-bond donors (Lipinski definition) is 1. The van der Waals surface area contributed by atoms with E-state index in [4.69, 9.17) is 9.26 Å². The molecule has 1 N–H and O–H groups in total. The van der Waals surface area contributed by atoms with E-state index in [-0.39, 0.29) is 5.91 Å². The van der Waals surface area contributed by atoms with E-state index in [9.17, 15) is 4.79 Å². The van der Waals surface area contributed by atoms with Crippen molar-refractivity contribution in [3.8, 4) is 0 Å². The van der Waals surface area contributed by atoms with E-state index in [1.807, 2.05) is 13.8 Å². The van der Waals surface area contributed by atoms with Gasteiger partial charge in [-0.15, -0.1) is 0 Å². The molecule has 0 unspecified atom stereocenters. The summed E-state index contributed by atoms with van der Waals surface area (Å²) in [5, 5.41) is 6.65. The molecule has 0 spiro atoms. The van der Waals surface area contributed by atoms with Crippen LogP contribution in [-0.4, -0.2) is 34.8 Å². The standard InChI is InChI=1S/C12H19N3O3/c1-3-9-14-10(18-15-9)5-7-13-11(16)12(2)6-4-8-17-12/h3-8H2,1-2H3,(H,13,16)/t12-/m0/s1. The van der Waals surface area contributed by atoms with E-state index < -0.39 is 5.60 Å². The van der Waals surface area contributed by atoms with Gasteiger partial charge in [0, 0.05) is 26.0 Å². The van der Waals surface area contributed by atoms with Crippen molar-refractivity contribution in [1.29, 1.82) is 0 Å². The zero-order valence-corrected chi connectivity index (χ0v) is 10.9. The first-order chi connectivity index (χ1) is 8.64. The van der Waals surface area contributed by atoms with Gasteiger partial charge in [0.1, 0.15) is 5.60 Å². The molecule has 1 aliphatic heterocycles. The summed E-state index contributed by atoms with van der Waals surface area (Å²) in [5.41, 5.74) is -0.663. The van der Waals surface area contributed by atoms with Crippen LogP contribution in [0.1, 0.15) is 38.4 Å². The van der Waals surface area contributed by atoms with E-state index in [1.54, 1.807) is 0 Å². The van der Waals surface area contributed by atoms with Gasteiger partial charge in [0.2, 0.25) is 5.89 Å². The number of nitrogens with zero attached hydrogens (tertiary/aromatic N) is 2. The molecule has 2 heterocycles. The zero-order chi connectivity index (χ0) is 13.0. The Balaban J connectivity index is 1.76. The molecule has 0 aliphatic carbocycles. The van der Waals surface area contributed by atoms with E-state index >= 15 is 0 Å². The Morgan fingerprint density at radius 2 is 2.39 bits per heavy atom. The van der Waals surface area contributed by atoms with Crippen molar-refractivity contribution < 1.29 is 14.1 Å². The molecule has 100 valence electrons. The number of carbonyl (C=O) groups excluding carboxylic acids is 1. The van der Waals surface area contributed by atoms with Crippen molar-refractivity contribution in [1.82, 2.24) is 15.5 Å². The molecule has 6 heteroatoms. The molecule has 1 amide bonds. The molecule has 1 atom stereocenters. The van der Waals surface area contributed by atoms with Gasteiger partial charge in [0.15, 0.2) is 5.82 Å². The molecule has 6 nitrogen and oxygen atoms in total. The summed E-state index contributed by atoms with van der Waals surface area (Å²) in [4.78, 5) is 16.1. The Morgan fingerprint density at radius 3 is 3.00 bits per heavy atom. The first kappa shape index (κ1) is 13.0. The maximum atomic E-state index is 11.9. The minimum atomic E-state index is -0.663. The molecular weight excluding hydrogens is 234 g/mol. The summed E-state index contributed by atoms with van der Waals surface area (Å²) in [5.74, 6) is 1.20. The van der Waals surface area contributed by atoms with Crippen LogP contribution in [0, 0.1) is 0 Å². The lowest BCUT2D eigenvalue weighted by molar-refractivity contribution is -0.139. The number of carbonyl (C=O) groups is 1. The summed E-state index contributed by atoms with van der Waals surface area (Å²) in [6.07, 6.45) is 3.02. The minimum Gasteiger partial charge on any atom is -0.365 e. The van der Waals surface area contributed by atoms with Crippen molar-refractivity contribution in [2.45, 2.75) is 45.1 Å². The van der Waals surface area contributed by atoms with Gasteiger partial charge in [0.25, 0.3) is 5.91 Å². The average molecular weight is 253 g/mol. The van der Waals surface area contributed by atoms with E-state index in [0.717, 1.165) is 19.3 Å². The van der Waals surface area contributed by atoms with Gasteiger partial charge in [-0.3, -0.25) is 4.79 Å². The number of aryl methyl sites for hydroxylation is 1. The van der Waals surface area contributed by atoms with Crippen LogP contribution in [0.4, 0.5) is 0 Å². The SMILES string of the molecule is CCc1noc(CCNC(=O)[C@]2(C)CCCO2)n1. The topological polar surface area (TPSA) is 77.2 Å². The van der Waals surface area contributed by atoms with Crippen LogP contribution in [0.3, 0.4) is 0 Å². The van der Waals surface area contributed by atoms with Crippen LogP contribution < -0.4 is 5.32 Å². The Bertz CT molecular complexity index is 410. The van der Waals surface area contributed by atoms with Crippen molar-refractivity contribution >= 4 is 5.91 Å². The normalized spacial score (nSPS) is 23.2. The lowest BCUT2D eigenvalue weighted by atomic mass is 10.0. The number of rotatable bonds is 5. The minimum absolute atomic E-state index is 0.0600. The Kier molecular flexibility index (Phi) is 3.96. The molecule has 0 aromatic carbocycles. The van der Waals surface area contributed by atoms with Gasteiger partial charge >= 0.3 is 0 Å². The number of amides is 1. The van der Waals surface area contributed by atoms with E-state index in [0.29, 0.717) is 31.3 Å². The van der Waals surface area contributed by atoms with E-state index in [2.05, 4.69) is 15.5 Å². The Morgan fingerprint density at radius 1 is 1.56 bits per heavy atom. The third kappa shape index (κ3) is 2.87. The number of nitrogens with one attached hydrogen (secondary N) is 1. The summed E-state index contributed by atoms with van der Waals surface area (Å²) >= 11 is 0. The number of aromatic nitrogens is 2. The second-order valence-electron chi connectivity index (χ2n) is 4.65. The highest BCUT2D eigenvalue weighted by atomic mass is 16.5. The summed E-state index contributed by atoms with van der Waals surface area (Å²) in [6.45, 7) is 4.95. The van der Waals surface area contributed by atoms with Crippen molar-refractivity contribution in [2.75, 3.05) is 13.2 Å². The number of hydrogen-bond acceptors (Lipinski definition) is 5. The van der Waals surface area contributed by atoms with Crippen molar-refractivity contribution in [2.24, 2.45) is 0 Å². The molecule has 0 bridgehead atoms. The van der Waals surface area contributed by atoms with Crippen LogP contribution >= 0.6 is 0 Å². The molecule has 18 heavy (non-hydrogen) atoms. The van der Waals surface area contributed by atoms with Crippen molar-refractivity contribution in [3.63, 3.8) is 0 Å². The monoisotopic (exact) mass is 253 g/mol. The first-order valence-corrected chi connectivity index (χ1v) is 6.38. The van der Waals surface area contributed by atoms with Crippen LogP contribution in [0.15, 0.2) is 4.52 Å². The maximum absolute atomic E-state index is 11.9. The third-order valence-corrected chi connectivity index (χ3v) is 3.15. The quantitative estimate of drug-likeness (QED) is 0.842. The zero-order valence-electron chi connectivity index (χ0n) is 10.9. The molecule has 0 saturated carbocycles. The Labute approximate surface area is 106 Å². The molecule has 1 aliphatic rings. The summed E-state index contributed by atoms with van der Waals surface area (Å²) in [6, 6.07) is 0. The molecular formula is C12H19N3O3. The maximum Gasteiger partial charge on any atom is 0.251 e. The lowest BCUT2D eigenvalue weighted by Crippen LogP contribution is -2.44. The van der Waals surface area contributed by atoms with Crippen molar-refractivity contribution in [3.05, 3.63) is 11.7 Å².